The molecule has 39 heavy (non-hydrogen) atoms. The highest BCUT2D eigenvalue weighted by Gasteiger charge is 2.32. The number of carbonyl (C=O) groups is 3. The summed E-state index contributed by atoms with van der Waals surface area (Å²) >= 11 is 0. The van der Waals surface area contributed by atoms with Crippen LogP contribution in [0.2, 0.25) is 0 Å². The molecule has 2 saturated carbocycles. The number of oxazole rings is 1. The molecule has 2 aliphatic rings. The lowest BCUT2D eigenvalue weighted by Gasteiger charge is -2.26. The molecule has 0 unspecified atom stereocenters. The fourth-order valence-electron chi connectivity index (χ4n) is 5.53. The summed E-state index contributed by atoms with van der Waals surface area (Å²) < 4.78 is 22.7. The van der Waals surface area contributed by atoms with Crippen molar-refractivity contribution >= 4 is 29.0 Å². The summed E-state index contributed by atoms with van der Waals surface area (Å²) in [7, 11) is 0. The highest BCUT2D eigenvalue weighted by Crippen LogP contribution is 2.38. The van der Waals surface area contributed by atoms with Gasteiger partial charge in [0.25, 0.3) is 0 Å². The number of para-hydroxylation sites is 2. The molecule has 8 heteroatoms. The van der Waals surface area contributed by atoms with E-state index in [1.165, 1.54) is 0 Å². The summed E-state index contributed by atoms with van der Waals surface area (Å²) in [5.41, 5.74) is 1.70. The van der Waals surface area contributed by atoms with E-state index < -0.39 is 0 Å². The number of nitrogens with zero attached hydrogens (tertiary/aromatic N) is 1. The Kier molecular flexibility index (Phi) is 8.29. The molecule has 5 rings (SSSR count). The van der Waals surface area contributed by atoms with E-state index in [0.29, 0.717) is 60.6 Å². The molecule has 0 aliphatic heterocycles. The first kappa shape index (κ1) is 26.9. The quantitative estimate of drug-likeness (QED) is 0.250. The van der Waals surface area contributed by atoms with Gasteiger partial charge in [0.05, 0.1) is 29.9 Å². The van der Waals surface area contributed by atoms with Crippen molar-refractivity contribution in [2.75, 3.05) is 6.61 Å². The highest BCUT2D eigenvalue weighted by atomic mass is 16.5. The molecule has 0 N–H and O–H groups in total. The topological polar surface area (TPSA) is 105 Å². The van der Waals surface area contributed by atoms with Gasteiger partial charge in [-0.25, -0.2) is 4.98 Å². The number of carbonyl (C=O) groups excluding carboxylic acids is 3. The molecule has 0 bridgehead atoms. The minimum absolute atomic E-state index is 0.115. The van der Waals surface area contributed by atoms with E-state index in [4.69, 9.17) is 18.6 Å². The van der Waals surface area contributed by atoms with Crippen LogP contribution in [-0.2, 0) is 19.1 Å². The van der Waals surface area contributed by atoms with Crippen LogP contribution in [0, 0.1) is 23.7 Å². The van der Waals surface area contributed by atoms with Gasteiger partial charge in [-0.15, -0.1) is 0 Å². The Hall–Kier alpha value is -3.68. The van der Waals surface area contributed by atoms with Gasteiger partial charge in [0, 0.05) is 0 Å². The van der Waals surface area contributed by atoms with Crippen LogP contribution < -0.4 is 9.47 Å². The summed E-state index contributed by atoms with van der Waals surface area (Å²) in [5, 5.41) is 0. The molecule has 0 amide bonds. The Balaban J connectivity index is 1.34. The monoisotopic (exact) mass is 533 g/mol. The van der Waals surface area contributed by atoms with Gasteiger partial charge in [0.2, 0.25) is 5.89 Å². The minimum atomic E-state index is -0.365. The van der Waals surface area contributed by atoms with Crippen LogP contribution in [0.3, 0.4) is 0 Å². The second-order valence-corrected chi connectivity index (χ2v) is 10.7. The Morgan fingerprint density at radius 3 is 2.10 bits per heavy atom. The predicted molar refractivity (Wildman–Crippen MR) is 144 cm³/mol. The second kappa shape index (κ2) is 12.0. The van der Waals surface area contributed by atoms with Gasteiger partial charge in [-0.1, -0.05) is 19.1 Å². The molecule has 2 fully saturated rings. The number of ether oxygens (including phenoxy) is 3. The third kappa shape index (κ3) is 6.32. The summed E-state index contributed by atoms with van der Waals surface area (Å²) in [4.78, 5) is 42.7. The van der Waals surface area contributed by atoms with Gasteiger partial charge in [0.15, 0.2) is 5.58 Å². The zero-order valence-electron chi connectivity index (χ0n) is 22.5. The lowest BCUT2D eigenvalue weighted by Crippen LogP contribution is -2.29. The van der Waals surface area contributed by atoms with Crippen molar-refractivity contribution in [2.24, 2.45) is 23.7 Å². The molecule has 3 aromatic rings. The van der Waals surface area contributed by atoms with Crippen LogP contribution in [0.15, 0.2) is 46.9 Å². The Bertz CT molecular complexity index is 1300. The number of fused-ring (bicyclic) bond motifs is 1. The number of aromatic nitrogens is 1. The average molecular weight is 534 g/mol. The minimum Gasteiger partial charge on any atom is -0.466 e. The Morgan fingerprint density at radius 1 is 0.821 bits per heavy atom. The molecule has 1 aromatic heterocycles. The predicted octanol–water partition coefficient (Wildman–Crippen LogP) is 6.50. The smallest absolute Gasteiger partial charge is 0.314 e. The fourth-order valence-corrected chi connectivity index (χ4v) is 5.53. The molecule has 206 valence electrons. The Labute approximate surface area is 228 Å². The summed E-state index contributed by atoms with van der Waals surface area (Å²) in [6, 6.07) is 12.3. The number of hydrogen-bond acceptors (Lipinski definition) is 8. The van der Waals surface area contributed by atoms with Crippen LogP contribution in [0.25, 0.3) is 22.6 Å². The van der Waals surface area contributed by atoms with Gasteiger partial charge < -0.3 is 18.6 Å². The van der Waals surface area contributed by atoms with E-state index in [9.17, 15) is 14.4 Å². The maximum atomic E-state index is 13.1. The maximum Gasteiger partial charge on any atom is 0.314 e. The van der Waals surface area contributed by atoms with Gasteiger partial charge in [0.1, 0.15) is 17.0 Å². The molecule has 0 spiro atoms. The summed E-state index contributed by atoms with van der Waals surface area (Å²) in [5.74, 6) is 0.124. The van der Waals surface area contributed by atoms with Crippen LogP contribution in [0.1, 0.15) is 65.2 Å². The second-order valence-electron chi connectivity index (χ2n) is 10.7. The molecule has 0 atom stereocenters. The summed E-state index contributed by atoms with van der Waals surface area (Å²) in [6.07, 6.45) is 5.97. The van der Waals surface area contributed by atoms with Crippen molar-refractivity contribution < 1.29 is 33.0 Å². The molecular weight excluding hydrogens is 498 g/mol. The van der Waals surface area contributed by atoms with Crippen LogP contribution in [-0.4, -0.2) is 29.5 Å². The molecule has 2 aliphatic carbocycles. The largest absolute Gasteiger partial charge is 0.466 e. The lowest BCUT2D eigenvalue weighted by molar-refractivity contribution is -0.151. The molecule has 8 nitrogen and oxygen atoms in total. The van der Waals surface area contributed by atoms with E-state index in [-0.39, 0.29) is 47.3 Å². The molecule has 2 aromatic carbocycles. The van der Waals surface area contributed by atoms with Gasteiger partial charge in [-0.3, -0.25) is 14.4 Å². The first-order valence-electron chi connectivity index (χ1n) is 14.0. The van der Waals surface area contributed by atoms with Crippen LogP contribution in [0.5, 0.6) is 11.5 Å². The van der Waals surface area contributed by atoms with E-state index in [0.717, 1.165) is 25.7 Å². The first-order chi connectivity index (χ1) is 18.9. The van der Waals surface area contributed by atoms with E-state index in [1.54, 1.807) is 25.1 Å². The number of esters is 3. The number of hydrogen-bond donors (Lipinski definition) is 0. The lowest BCUT2D eigenvalue weighted by atomic mass is 9.82. The zero-order chi connectivity index (χ0) is 27.4. The van der Waals surface area contributed by atoms with Gasteiger partial charge >= 0.3 is 17.9 Å². The fraction of sp³-hybridized carbons (Fsp3) is 0.484. The van der Waals surface area contributed by atoms with Gasteiger partial charge in [-0.05, 0) is 94.5 Å². The first-order valence-corrected chi connectivity index (χ1v) is 14.0. The number of benzene rings is 2. The third-order valence-corrected chi connectivity index (χ3v) is 7.93. The molecule has 1 heterocycles. The van der Waals surface area contributed by atoms with Gasteiger partial charge in [-0.2, -0.15) is 0 Å². The van der Waals surface area contributed by atoms with Crippen molar-refractivity contribution in [3.8, 4) is 23.0 Å². The molecular formula is C31H35NO7. The standard InChI is InChI=1S/C31H35NO7/c1-3-36-29(33)20-12-14-22(15-13-20)31(35)39-26-17-16-23(37-30(34)21-10-8-19(2)9-11-21)18-24(26)28-32-25-6-4-5-7-27(25)38-28/h4-7,16-22H,3,8-15H2,1-2H3/t19-,20?,21-,22?. The number of rotatable bonds is 7. The molecule has 0 radical (unpaired) electrons. The summed E-state index contributed by atoms with van der Waals surface area (Å²) in [6.45, 7) is 4.35. The SMILES string of the molecule is CCOC(=O)C1CCC(C(=O)Oc2ccc(OC(=O)[C@H]3CC[C@H](C)CC3)cc2-c2nc3ccccc3o2)CC1. The van der Waals surface area contributed by atoms with E-state index in [2.05, 4.69) is 11.9 Å². The van der Waals surface area contributed by atoms with Crippen molar-refractivity contribution in [3.63, 3.8) is 0 Å². The third-order valence-electron chi connectivity index (χ3n) is 7.93. The van der Waals surface area contributed by atoms with Crippen LogP contribution >= 0.6 is 0 Å². The van der Waals surface area contributed by atoms with Crippen LogP contribution in [0.4, 0.5) is 0 Å². The van der Waals surface area contributed by atoms with E-state index >= 15 is 0 Å². The van der Waals surface area contributed by atoms with Crippen molar-refractivity contribution in [2.45, 2.75) is 65.2 Å². The zero-order valence-corrected chi connectivity index (χ0v) is 22.5. The molecule has 0 saturated heterocycles. The average Bonchev–Trinajstić information content (AvgIpc) is 3.38. The van der Waals surface area contributed by atoms with E-state index in [1.807, 2.05) is 24.3 Å². The maximum absolute atomic E-state index is 13.1. The van der Waals surface area contributed by atoms with Crippen molar-refractivity contribution in [3.05, 3.63) is 42.5 Å². The van der Waals surface area contributed by atoms with Crippen molar-refractivity contribution in [1.29, 1.82) is 0 Å². The normalized spacial score (nSPS) is 23.2. The van der Waals surface area contributed by atoms with Crippen molar-refractivity contribution in [1.82, 2.24) is 4.98 Å². The Morgan fingerprint density at radius 2 is 1.44 bits per heavy atom. The highest BCUT2D eigenvalue weighted by molar-refractivity contribution is 5.82.